The number of alkyl halides is 6. The zero-order valence-electron chi connectivity index (χ0n) is 17.7. The van der Waals surface area contributed by atoms with Gasteiger partial charge in [0.2, 0.25) is 0 Å². The Morgan fingerprint density at radius 2 is 1.24 bits per heavy atom. The molecule has 0 aliphatic rings. The number of benzene rings is 3. The molecule has 0 aliphatic heterocycles. The first kappa shape index (κ1) is 26.1. The third-order valence-electron chi connectivity index (χ3n) is 4.86. The third-order valence-corrected chi connectivity index (χ3v) is 7.25. The van der Waals surface area contributed by atoms with Crippen LogP contribution in [0.2, 0.25) is 0 Å². The zero-order chi connectivity index (χ0) is 25.3. The lowest BCUT2D eigenvalue weighted by Gasteiger charge is -2.21. The maximum Gasteiger partial charge on any atom is 0.426 e. The summed E-state index contributed by atoms with van der Waals surface area (Å²) in [5.41, 5.74) is 4.45. The summed E-state index contributed by atoms with van der Waals surface area (Å²) in [5.74, 6) is 0. The second-order valence-corrected chi connectivity index (χ2v) is 10.1. The van der Waals surface area contributed by atoms with Crippen molar-refractivity contribution in [1.29, 1.82) is 0 Å². The second kappa shape index (κ2) is 9.63. The lowest BCUT2D eigenvalue weighted by Crippen LogP contribution is -2.47. The molecule has 0 bridgehead atoms. The Balaban J connectivity index is 1.99. The van der Waals surface area contributed by atoms with E-state index < -0.39 is 27.7 Å². The van der Waals surface area contributed by atoms with Crippen molar-refractivity contribution in [3.8, 4) is 22.3 Å². The molecule has 0 spiro atoms. The Kier molecular flexibility index (Phi) is 7.40. The Bertz CT molecular complexity index is 1260. The smallest absolute Gasteiger partial charge is 0.229 e. The number of hydrogen-bond acceptors (Lipinski definition) is 4. The van der Waals surface area contributed by atoms with Crippen molar-refractivity contribution >= 4 is 22.2 Å². The summed E-state index contributed by atoms with van der Waals surface area (Å²) in [7, 11) is -6.28. The number of halogens is 6. The molecule has 0 aromatic heterocycles. The van der Waals surface area contributed by atoms with Crippen molar-refractivity contribution in [2.24, 2.45) is 0 Å². The van der Waals surface area contributed by atoms with Crippen LogP contribution in [-0.2, 0) is 13.7 Å². The number of hydrogen-bond donors (Lipinski definition) is 0. The molecule has 0 saturated carbocycles. The maximum absolute atomic E-state index is 13.8. The van der Waals surface area contributed by atoms with E-state index >= 15 is 0 Å². The molecule has 3 rings (SSSR count). The van der Waals surface area contributed by atoms with Crippen LogP contribution in [-0.4, -0.2) is 26.0 Å². The van der Waals surface area contributed by atoms with Crippen LogP contribution in [0.4, 0.5) is 26.3 Å². The van der Waals surface area contributed by atoms with Crippen molar-refractivity contribution in [2.45, 2.75) is 36.3 Å². The lowest BCUT2D eigenvalue weighted by molar-refractivity contribution is -0.222. The van der Waals surface area contributed by atoms with E-state index in [2.05, 4.69) is 3.63 Å². The van der Waals surface area contributed by atoms with Crippen LogP contribution in [0.3, 0.4) is 0 Å². The van der Waals surface area contributed by atoms with Gasteiger partial charge in [-0.05, 0) is 48.2 Å². The molecule has 34 heavy (non-hydrogen) atoms. The van der Waals surface area contributed by atoms with Gasteiger partial charge in [0, 0.05) is 4.90 Å². The van der Waals surface area contributed by atoms with Gasteiger partial charge in [0.05, 0.1) is 12.0 Å². The van der Waals surface area contributed by atoms with Crippen LogP contribution in [0.15, 0.2) is 71.6 Å². The zero-order valence-corrected chi connectivity index (χ0v) is 19.4. The van der Waals surface area contributed by atoms with Gasteiger partial charge in [0.1, 0.15) is 0 Å². The molecular formula is C23H18F6O3S2. The van der Waals surface area contributed by atoms with Gasteiger partial charge in [-0.2, -0.15) is 34.0 Å². The first-order valence-electron chi connectivity index (χ1n) is 9.70. The van der Waals surface area contributed by atoms with Gasteiger partial charge in [-0.1, -0.05) is 65.7 Å². The molecule has 0 aliphatic carbocycles. The summed E-state index contributed by atoms with van der Waals surface area (Å²) in [6, 6.07) is 19.1. The Morgan fingerprint density at radius 1 is 0.765 bits per heavy atom. The minimum Gasteiger partial charge on any atom is -0.229 e. The van der Waals surface area contributed by atoms with Gasteiger partial charge in [-0.15, -0.1) is 0 Å². The van der Waals surface area contributed by atoms with Crippen LogP contribution < -0.4 is 0 Å². The van der Waals surface area contributed by atoms with Crippen molar-refractivity contribution in [3.05, 3.63) is 77.9 Å². The van der Waals surface area contributed by atoms with E-state index in [4.69, 9.17) is 0 Å². The maximum atomic E-state index is 13.8. The SMILES string of the molecule is Cc1ccc(-c2ccc(SOS(=O)(=O)C(F)(F)C(F)C(F)(F)F)c(-c3ccc(C)cc3)c2)cc1. The van der Waals surface area contributed by atoms with E-state index in [-0.39, 0.29) is 16.9 Å². The Hall–Kier alpha value is -2.50. The van der Waals surface area contributed by atoms with Gasteiger partial charge < -0.3 is 0 Å². The van der Waals surface area contributed by atoms with Crippen molar-refractivity contribution in [2.75, 3.05) is 0 Å². The molecule has 3 aromatic carbocycles. The van der Waals surface area contributed by atoms with Crippen LogP contribution in [0.5, 0.6) is 0 Å². The highest BCUT2D eigenvalue weighted by molar-refractivity contribution is 8.04. The number of aryl methyl sites for hydroxylation is 2. The molecule has 0 saturated heterocycles. The summed E-state index contributed by atoms with van der Waals surface area (Å²) in [4.78, 5) is 0.0292. The van der Waals surface area contributed by atoms with Crippen LogP contribution in [0.1, 0.15) is 11.1 Å². The highest BCUT2D eigenvalue weighted by Gasteiger charge is 2.65. The number of rotatable bonds is 7. The van der Waals surface area contributed by atoms with Crippen LogP contribution >= 0.6 is 12.0 Å². The monoisotopic (exact) mass is 520 g/mol. The quantitative estimate of drug-likeness (QED) is 0.239. The van der Waals surface area contributed by atoms with E-state index in [0.717, 1.165) is 16.7 Å². The van der Waals surface area contributed by atoms with Gasteiger partial charge in [-0.3, -0.25) is 0 Å². The summed E-state index contributed by atoms with van der Waals surface area (Å²) < 4.78 is 106. The fourth-order valence-electron chi connectivity index (χ4n) is 2.93. The predicted octanol–water partition coefficient (Wildman–Crippen LogP) is 7.48. The average Bonchev–Trinajstić information content (AvgIpc) is 2.77. The molecule has 0 heterocycles. The van der Waals surface area contributed by atoms with Crippen LogP contribution in [0.25, 0.3) is 22.3 Å². The van der Waals surface area contributed by atoms with Crippen molar-refractivity contribution in [1.82, 2.24) is 0 Å². The topological polar surface area (TPSA) is 43.4 Å². The van der Waals surface area contributed by atoms with Crippen molar-refractivity contribution < 1.29 is 38.4 Å². The molecule has 3 aromatic rings. The normalized spacial score (nSPS) is 13.6. The molecule has 0 N–H and O–H groups in total. The fourth-order valence-corrected chi connectivity index (χ4v) is 4.72. The van der Waals surface area contributed by atoms with E-state index in [1.54, 1.807) is 36.4 Å². The highest BCUT2D eigenvalue weighted by Crippen LogP contribution is 2.43. The van der Waals surface area contributed by atoms with Gasteiger partial charge in [0.15, 0.2) is 0 Å². The molecular weight excluding hydrogens is 502 g/mol. The lowest BCUT2D eigenvalue weighted by atomic mass is 9.98. The van der Waals surface area contributed by atoms with E-state index in [1.807, 2.05) is 38.1 Å². The Morgan fingerprint density at radius 3 is 1.74 bits per heavy atom. The summed E-state index contributed by atoms with van der Waals surface area (Å²) in [6.45, 7) is 3.75. The third kappa shape index (κ3) is 5.59. The first-order chi connectivity index (χ1) is 15.7. The molecule has 0 fully saturated rings. The predicted molar refractivity (Wildman–Crippen MR) is 119 cm³/mol. The van der Waals surface area contributed by atoms with Gasteiger partial charge in [-0.25, -0.2) is 4.39 Å². The molecule has 1 atom stereocenters. The molecule has 182 valence electrons. The largest absolute Gasteiger partial charge is 0.426 e. The minimum absolute atomic E-state index is 0.0292. The molecule has 0 amide bonds. The standard InChI is InChI=1S/C23H18F6O3S2/c1-14-3-7-16(8-4-14)18-11-12-20(19(13-18)17-9-5-15(2)6-10-17)33-32-34(30,31)23(28,29)21(24)22(25,26)27/h3-13,21H,1-2H3. The first-order valence-corrected chi connectivity index (χ1v) is 11.8. The fraction of sp³-hybridized carbons (Fsp3) is 0.217. The van der Waals surface area contributed by atoms with Gasteiger partial charge in [0.25, 0.3) is 6.17 Å². The summed E-state index contributed by atoms with van der Waals surface area (Å²) in [5, 5.41) is -5.83. The van der Waals surface area contributed by atoms with E-state index in [1.165, 1.54) is 6.07 Å². The van der Waals surface area contributed by atoms with Crippen LogP contribution in [0, 0.1) is 13.8 Å². The van der Waals surface area contributed by atoms with Crippen molar-refractivity contribution in [3.63, 3.8) is 0 Å². The van der Waals surface area contributed by atoms with E-state index in [9.17, 15) is 34.8 Å². The second-order valence-electron chi connectivity index (χ2n) is 7.51. The minimum atomic E-state index is -6.28. The Labute approximate surface area is 197 Å². The molecule has 3 nitrogen and oxygen atoms in total. The molecule has 1 unspecified atom stereocenters. The summed E-state index contributed by atoms with van der Waals surface area (Å²) >= 11 is -0.0877. The summed E-state index contributed by atoms with van der Waals surface area (Å²) in [6.07, 6.45) is -11.0. The average molecular weight is 521 g/mol. The highest BCUT2D eigenvalue weighted by atomic mass is 32.3. The van der Waals surface area contributed by atoms with E-state index in [0.29, 0.717) is 16.7 Å². The van der Waals surface area contributed by atoms with Gasteiger partial charge >= 0.3 is 21.5 Å². The molecule has 11 heteroatoms. The molecule has 0 radical (unpaired) electrons.